The number of carbonyl (C=O) groups excluding carboxylic acids is 1. The zero-order valence-electron chi connectivity index (χ0n) is 17.3. The van der Waals surface area contributed by atoms with Crippen molar-refractivity contribution in [1.29, 1.82) is 0 Å². The number of rotatable bonds is 7. The van der Waals surface area contributed by atoms with E-state index in [4.69, 9.17) is 11.6 Å². The maximum absolute atomic E-state index is 12.3. The summed E-state index contributed by atoms with van der Waals surface area (Å²) in [7, 11) is 5.71. The van der Waals surface area contributed by atoms with Crippen LogP contribution in [0.1, 0.15) is 41.9 Å². The number of amides is 1. The van der Waals surface area contributed by atoms with Crippen molar-refractivity contribution in [3.8, 4) is 0 Å². The lowest BCUT2D eigenvalue weighted by Crippen LogP contribution is -2.38. The second kappa shape index (κ2) is 10.2. The standard InChI is InChI=1S/C21H30ClN5O/c1-6-15(2)25-20(28)17-9-7-8-16(10-17)12-24-21(23-3)27(5)14-19-11-18(22)13-26(19)4/h7-11,13,15H,6,12,14H2,1-5H3,(H,23,24)(H,25,28). The Balaban J connectivity index is 1.98. The predicted molar refractivity (Wildman–Crippen MR) is 116 cm³/mol. The van der Waals surface area contributed by atoms with Crippen molar-refractivity contribution >= 4 is 23.5 Å². The van der Waals surface area contributed by atoms with Gasteiger partial charge in [0.1, 0.15) is 0 Å². The summed E-state index contributed by atoms with van der Waals surface area (Å²) >= 11 is 6.07. The topological polar surface area (TPSA) is 61.7 Å². The van der Waals surface area contributed by atoms with Crippen LogP contribution in [0.15, 0.2) is 41.5 Å². The molecule has 0 aliphatic rings. The molecule has 2 aromatic rings. The molecule has 1 heterocycles. The van der Waals surface area contributed by atoms with Crippen molar-refractivity contribution in [2.45, 2.75) is 39.4 Å². The van der Waals surface area contributed by atoms with E-state index >= 15 is 0 Å². The normalized spacial score (nSPS) is 12.6. The van der Waals surface area contributed by atoms with Gasteiger partial charge in [-0.15, -0.1) is 0 Å². The fourth-order valence-electron chi connectivity index (χ4n) is 2.84. The van der Waals surface area contributed by atoms with Crippen LogP contribution in [0.25, 0.3) is 0 Å². The van der Waals surface area contributed by atoms with Crippen molar-refractivity contribution < 1.29 is 4.79 Å². The lowest BCUT2D eigenvalue weighted by molar-refractivity contribution is 0.0939. The van der Waals surface area contributed by atoms with Gasteiger partial charge in [-0.25, -0.2) is 0 Å². The van der Waals surface area contributed by atoms with Crippen molar-refractivity contribution in [3.63, 3.8) is 0 Å². The van der Waals surface area contributed by atoms with E-state index in [-0.39, 0.29) is 11.9 Å². The minimum absolute atomic E-state index is 0.0433. The summed E-state index contributed by atoms with van der Waals surface area (Å²) < 4.78 is 2.01. The Morgan fingerprint density at radius 1 is 1.36 bits per heavy atom. The Kier molecular flexibility index (Phi) is 7.93. The highest BCUT2D eigenvalue weighted by Crippen LogP contribution is 2.14. The molecule has 0 saturated carbocycles. The fourth-order valence-corrected chi connectivity index (χ4v) is 3.11. The number of carbonyl (C=O) groups is 1. The summed E-state index contributed by atoms with van der Waals surface area (Å²) in [6.07, 6.45) is 2.79. The number of aromatic nitrogens is 1. The molecule has 2 N–H and O–H groups in total. The van der Waals surface area contributed by atoms with Gasteiger partial charge in [0, 0.05) is 51.2 Å². The highest BCUT2D eigenvalue weighted by molar-refractivity contribution is 6.30. The summed E-state index contributed by atoms with van der Waals surface area (Å²) in [6.45, 7) is 5.31. The maximum Gasteiger partial charge on any atom is 0.251 e. The van der Waals surface area contributed by atoms with Gasteiger partial charge in [-0.05, 0) is 37.1 Å². The minimum atomic E-state index is -0.0433. The Labute approximate surface area is 172 Å². The molecular formula is C21H30ClN5O. The van der Waals surface area contributed by atoms with Gasteiger partial charge in [-0.1, -0.05) is 30.7 Å². The van der Waals surface area contributed by atoms with Gasteiger partial charge in [0.15, 0.2) is 5.96 Å². The van der Waals surface area contributed by atoms with Crippen molar-refractivity contribution in [1.82, 2.24) is 20.1 Å². The molecule has 28 heavy (non-hydrogen) atoms. The van der Waals surface area contributed by atoms with Crippen LogP contribution in [0.4, 0.5) is 0 Å². The number of benzene rings is 1. The lowest BCUT2D eigenvalue weighted by atomic mass is 10.1. The van der Waals surface area contributed by atoms with Crippen LogP contribution in [0.5, 0.6) is 0 Å². The molecule has 0 fully saturated rings. The zero-order chi connectivity index (χ0) is 20.7. The number of aryl methyl sites for hydroxylation is 1. The van der Waals surface area contributed by atoms with Crippen LogP contribution in [-0.2, 0) is 20.1 Å². The number of hydrogen-bond acceptors (Lipinski definition) is 2. The van der Waals surface area contributed by atoms with Crippen molar-refractivity contribution in [2.75, 3.05) is 14.1 Å². The summed E-state index contributed by atoms with van der Waals surface area (Å²) in [4.78, 5) is 18.7. The van der Waals surface area contributed by atoms with Crippen LogP contribution in [0.2, 0.25) is 5.02 Å². The Morgan fingerprint density at radius 2 is 2.11 bits per heavy atom. The van der Waals surface area contributed by atoms with E-state index in [0.717, 1.165) is 28.7 Å². The van der Waals surface area contributed by atoms with Gasteiger partial charge in [0.25, 0.3) is 5.91 Å². The average molecular weight is 404 g/mol. The Bertz CT molecular complexity index is 830. The second-order valence-corrected chi connectivity index (χ2v) is 7.44. The Hall–Kier alpha value is -2.47. The third kappa shape index (κ3) is 6.02. The first-order valence-electron chi connectivity index (χ1n) is 9.46. The molecule has 1 unspecified atom stereocenters. The number of guanidine groups is 1. The van der Waals surface area contributed by atoms with Crippen LogP contribution < -0.4 is 10.6 Å². The number of aliphatic imine (C=N–C) groups is 1. The molecule has 0 spiro atoms. The zero-order valence-corrected chi connectivity index (χ0v) is 18.0. The molecule has 0 saturated heterocycles. The summed E-state index contributed by atoms with van der Waals surface area (Å²) in [6, 6.07) is 9.76. The van der Waals surface area contributed by atoms with Crippen LogP contribution >= 0.6 is 11.6 Å². The number of nitrogens with one attached hydrogen (secondary N) is 2. The van der Waals surface area contributed by atoms with Gasteiger partial charge in [-0.2, -0.15) is 0 Å². The summed E-state index contributed by atoms with van der Waals surface area (Å²) in [5.74, 6) is 0.727. The molecule has 1 atom stereocenters. The highest BCUT2D eigenvalue weighted by Gasteiger charge is 2.11. The largest absolute Gasteiger partial charge is 0.352 e. The molecule has 0 radical (unpaired) electrons. The quantitative estimate of drug-likeness (QED) is 0.550. The molecule has 152 valence electrons. The molecule has 7 heteroatoms. The fraction of sp³-hybridized carbons (Fsp3) is 0.429. The van der Waals surface area contributed by atoms with Gasteiger partial charge < -0.3 is 20.1 Å². The van der Waals surface area contributed by atoms with E-state index < -0.39 is 0 Å². The average Bonchev–Trinajstić information content (AvgIpc) is 2.99. The van der Waals surface area contributed by atoms with Crippen LogP contribution in [0.3, 0.4) is 0 Å². The van der Waals surface area contributed by atoms with Crippen molar-refractivity contribution in [2.24, 2.45) is 12.0 Å². The molecule has 1 aromatic heterocycles. The second-order valence-electron chi connectivity index (χ2n) is 7.00. The first kappa shape index (κ1) is 21.8. The third-order valence-corrected chi connectivity index (χ3v) is 4.88. The molecule has 0 aliphatic carbocycles. The number of hydrogen-bond donors (Lipinski definition) is 2. The molecule has 2 rings (SSSR count). The monoisotopic (exact) mass is 403 g/mol. The number of nitrogens with zero attached hydrogens (tertiary/aromatic N) is 3. The molecule has 0 aliphatic heterocycles. The molecular weight excluding hydrogens is 374 g/mol. The Morgan fingerprint density at radius 3 is 2.71 bits per heavy atom. The molecule has 1 aromatic carbocycles. The molecule has 0 bridgehead atoms. The molecule has 6 nitrogen and oxygen atoms in total. The van der Waals surface area contributed by atoms with E-state index in [1.54, 1.807) is 7.05 Å². The first-order chi connectivity index (χ1) is 13.3. The highest BCUT2D eigenvalue weighted by atomic mass is 35.5. The smallest absolute Gasteiger partial charge is 0.251 e. The van der Waals surface area contributed by atoms with Crippen LogP contribution in [0, 0.1) is 0 Å². The van der Waals surface area contributed by atoms with E-state index in [1.165, 1.54) is 0 Å². The third-order valence-electron chi connectivity index (χ3n) is 4.68. The predicted octanol–water partition coefficient (Wildman–Crippen LogP) is 3.41. The van der Waals surface area contributed by atoms with E-state index in [0.29, 0.717) is 18.7 Å². The van der Waals surface area contributed by atoms with Crippen molar-refractivity contribution in [3.05, 3.63) is 58.4 Å². The van der Waals surface area contributed by atoms with Gasteiger partial charge in [0.2, 0.25) is 0 Å². The minimum Gasteiger partial charge on any atom is -0.352 e. The van der Waals surface area contributed by atoms with Gasteiger partial charge in [0.05, 0.1) is 11.6 Å². The van der Waals surface area contributed by atoms with Gasteiger partial charge in [-0.3, -0.25) is 9.79 Å². The maximum atomic E-state index is 12.3. The lowest BCUT2D eigenvalue weighted by Gasteiger charge is -2.22. The van der Waals surface area contributed by atoms with E-state index in [2.05, 4.69) is 22.5 Å². The summed E-state index contributed by atoms with van der Waals surface area (Å²) in [5.41, 5.74) is 2.79. The SMILES string of the molecule is CCC(C)NC(=O)c1cccc(CNC(=NC)N(C)Cc2cc(Cl)cn2C)c1. The van der Waals surface area contributed by atoms with E-state index in [9.17, 15) is 4.79 Å². The van der Waals surface area contributed by atoms with Crippen LogP contribution in [-0.4, -0.2) is 41.5 Å². The summed E-state index contributed by atoms with van der Waals surface area (Å²) in [5, 5.41) is 7.07. The molecule has 1 amide bonds. The first-order valence-corrected chi connectivity index (χ1v) is 9.84. The van der Waals surface area contributed by atoms with Gasteiger partial charge >= 0.3 is 0 Å². The van der Waals surface area contributed by atoms with E-state index in [1.807, 2.05) is 67.0 Å². The number of halogens is 1.